The summed E-state index contributed by atoms with van der Waals surface area (Å²) in [6.45, 7) is 0. The van der Waals surface area contributed by atoms with E-state index in [0.29, 0.717) is 27.6 Å². The Morgan fingerprint density at radius 1 is 1.14 bits per heavy atom. The molecule has 0 radical (unpaired) electrons. The largest absolute Gasteiger partial charge is 0.340 e. The zero-order valence-corrected chi connectivity index (χ0v) is 15.1. The van der Waals surface area contributed by atoms with Gasteiger partial charge < -0.3 is 10.6 Å². The Hall–Kier alpha value is -3.87. The van der Waals surface area contributed by atoms with Crippen LogP contribution in [0.3, 0.4) is 0 Å². The number of pyridine rings is 1. The van der Waals surface area contributed by atoms with E-state index in [1.807, 2.05) is 6.26 Å². The number of nitro groups is 1. The number of hydrogen-bond acceptors (Lipinski definition) is 9. The van der Waals surface area contributed by atoms with Crippen LogP contribution in [-0.2, 0) is 0 Å². The molecule has 4 aromatic rings. The van der Waals surface area contributed by atoms with Crippen molar-refractivity contribution in [3.05, 3.63) is 50.8 Å². The molecule has 0 saturated heterocycles. The molecule has 0 aliphatic carbocycles. The Morgan fingerprint density at radius 2 is 2.00 bits per heavy atom. The Kier molecular flexibility index (Phi) is 4.41. The van der Waals surface area contributed by atoms with E-state index >= 15 is 0 Å². The first kappa shape index (κ1) is 17.5. The average molecular weight is 399 g/mol. The van der Waals surface area contributed by atoms with E-state index in [0.717, 1.165) is 0 Å². The summed E-state index contributed by atoms with van der Waals surface area (Å²) in [4.78, 5) is 30.8. The minimum atomic E-state index is -0.540. The van der Waals surface area contributed by atoms with E-state index in [1.165, 1.54) is 23.9 Å². The smallest absolute Gasteiger partial charge is 0.311 e. The van der Waals surface area contributed by atoms with Crippen LogP contribution < -0.4 is 16.2 Å². The molecule has 0 amide bonds. The van der Waals surface area contributed by atoms with Gasteiger partial charge in [-0.2, -0.15) is 4.98 Å². The van der Waals surface area contributed by atoms with E-state index < -0.39 is 4.92 Å². The van der Waals surface area contributed by atoms with Gasteiger partial charge in [0.1, 0.15) is 5.82 Å². The lowest BCUT2D eigenvalue weighted by molar-refractivity contribution is -0.384. The van der Waals surface area contributed by atoms with Gasteiger partial charge in [-0.3, -0.25) is 25.1 Å². The molecule has 13 heteroatoms. The first-order chi connectivity index (χ1) is 13.5. The zero-order chi connectivity index (χ0) is 19.7. The fraction of sp³-hybridized carbons (Fsp3) is 0.0667. The molecule has 1 aromatic carbocycles. The second-order valence-corrected chi connectivity index (χ2v) is 6.35. The lowest BCUT2D eigenvalue weighted by atomic mass is 10.2. The van der Waals surface area contributed by atoms with Gasteiger partial charge in [-0.25, -0.2) is 10.1 Å². The Labute approximate surface area is 160 Å². The molecule has 0 fully saturated rings. The number of anilines is 4. The summed E-state index contributed by atoms with van der Waals surface area (Å²) < 4.78 is 0. The highest BCUT2D eigenvalue weighted by Crippen LogP contribution is 2.28. The maximum Gasteiger partial charge on any atom is 0.311 e. The van der Waals surface area contributed by atoms with Crippen LogP contribution >= 0.6 is 11.8 Å². The molecule has 12 nitrogen and oxygen atoms in total. The topological polar surface area (TPSA) is 170 Å². The summed E-state index contributed by atoms with van der Waals surface area (Å²) in [5, 5.41) is 30.0. The van der Waals surface area contributed by atoms with Crippen LogP contribution in [0.2, 0.25) is 0 Å². The minimum absolute atomic E-state index is 0.00920. The van der Waals surface area contributed by atoms with Gasteiger partial charge in [-0.15, -0.1) is 5.10 Å². The van der Waals surface area contributed by atoms with Crippen LogP contribution in [0.5, 0.6) is 0 Å². The van der Waals surface area contributed by atoms with E-state index in [4.69, 9.17) is 0 Å². The van der Waals surface area contributed by atoms with Gasteiger partial charge in [0, 0.05) is 11.8 Å². The molecule has 3 aromatic heterocycles. The van der Waals surface area contributed by atoms with Crippen molar-refractivity contribution in [2.24, 2.45) is 0 Å². The predicted octanol–water partition coefficient (Wildman–Crippen LogP) is 2.49. The van der Waals surface area contributed by atoms with E-state index in [-0.39, 0.29) is 23.0 Å². The van der Waals surface area contributed by atoms with E-state index in [1.54, 1.807) is 18.2 Å². The number of nitrogens with zero attached hydrogens (tertiary/aromatic N) is 4. The molecule has 5 N–H and O–H groups in total. The van der Waals surface area contributed by atoms with Crippen molar-refractivity contribution in [3.63, 3.8) is 0 Å². The van der Waals surface area contributed by atoms with E-state index in [2.05, 4.69) is 41.0 Å². The van der Waals surface area contributed by atoms with Crippen molar-refractivity contribution < 1.29 is 4.92 Å². The quantitative estimate of drug-likeness (QED) is 0.186. The molecule has 0 bridgehead atoms. The third-order valence-electron chi connectivity index (χ3n) is 3.80. The Morgan fingerprint density at radius 3 is 2.75 bits per heavy atom. The van der Waals surface area contributed by atoms with Crippen LogP contribution in [-0.4, -0.2) is 41.5 Å². The number of aromatic amines is 3. The van der Waals surface area contributed by atoms with Crippen molar-refractivity contribution in [1.82, 2.24) is 30.4 Å². The fourth-order valence-corrected chi connectivity index (χ4v) is 2.85. The number of aromatic nitrogens is 6. The van der Waals surface area contributed by atoms with Crippen LogP contribution in [0.15, 0.2) is 40.3 Å². The zero-order valence-electron chi connectivity index (χ0n) is 14.3. The van der Waals surface area contributed by atoms with Crippen molar-refractivity contribution in [2.75, 3.05) is 16.9 Å². The highest BCUT2D eigenvalue weighted by molar-refractivity contribution is 7.98. The lowest BCUT2D eigenvalue weighted by Gasteiger charge is -2.08. The molecule has 4 rings (SSSR count). The molecular weight excluding hydrogens is 386 g/mol. The minimum Gasteiger partial charge on any atom is -0.340 e. The molecule has 0 unspecified atom stereocenters. The van der Waals surface area contributed by atoms with E-state index in [9.17, 15) is 14.9 Å². The molecule has 0 aliphatic heterocycles. The van der Waals surface area contributed by atoms with Gasteiger partial charge in [-0.1, -0.05) is 11.8 Å². The summed E-state index contributed by atoms with van der Waals surface area (Å²) in [7, 11) is 0. The van der Waals surface area contributed by atoms with Crippen LogP contribution in [0.25, 0.3) is 10.9 Å². The normalized spacial score (nSPS) is 10.9. The fourth-order valence-electron chi connectivity index (χ4n) is 2.53. The van der Waals surface area contributed by atoms with Gasteiger partial charge in [0.05, 0.1) is 15.8 Å². The first-order valence-electron chi connectivity index (χ1n) is 7.90. The van der Waals surface area contributed by atoms with Crippen molar-refractivity contribution in [1.29, 1.82) is 0 Å². The van der Waals surface area contributed by atoms with Crippen molar-refractivity contribution >= 4 is 51.6 Å². The van der Waals surface area contributed by atoms with Gasteiger partial charge in [0.2, 0.25) is 16.9 Å². The number of hydrogen-bond donors (Lipinski definition) is 5. The molecule has 0 spiro atoms. The lowest BCUT2D eigenvalue weighted by Crippen LogP contribution is -2.03. The predicted molar refractivity (Wildman–Crippen MR) is 105 cm³/mol. The number of fused-ring (bicyclic) bond motifs is 1. The monoisotopic (exact) mass is 399 g/mol. The highest BCUT2D eigenvalue weighted by Gasteiger charge is 2.18. The molecule has 28 heavy (non-hydrogen) atoms. The summed E-state index contributed by atoms with van der Waals surface area (Å²) in [5.41, 5.74) is 0.858. The van der Waals surface area contributed by atoms with Crippen LogP contribution in [0, 0.1) is 10.1 Å². The maximum absolute atomic E-state index is 11.6. The first-order valence-corrected chi connectivity index (χ1v) is 9.12. The third kappa shape index (κ3) is 3.37. The average Bonchev–Trinajstić information content (AvgIpc) is 3.28. The third-order valence-corrected chi connectivity index (χ3v) is 4.35. The number of rotatable bonds is 6. The molecule has 0 saturated carbocycles. The SMILES string of the molecule is CSc1n[nH]c(Nc2nc(Nc3ccc4c(=O)[nH][nH]c4c3)ccc2[N+](=O)[O-])n1. The summed E-state index contributed by atoms with van der Waals surface area (Å²) in [5.74, 6) is 0.619. The van der Waals surface area contributed by atoms with Gasteiger partial charge in [0.25, 0.3) is 5.56 Å². The van der Waals surface area contributed by atoms with Gasteiger partial charge in [-0.05, 0) is 30.5 Å². The summed E-state index contributed by atoms with van der Waals surface area (Å²) in [6.07, 6.45) is 1.81. The van der Waals surface area contributed by atoms with Crippen molar-refractivity contribution in [3.8, 4) is 0 Å². The molecule has 3 heterocycles. The number of H-pyrrole nitrogens is 3. The number of nitrogens with one attached hydrogen (secondary N) is 5. The second-order valence-electron chi connectivity index (χ2n) is 5.58. The second kappa shape index (κ2) is 7.03. The Bertz CT molecular complexity index is 1230. The number of benzene rings is 1. The van der Waals surface area contributed by atoms with Gasteiger partial charge in [0.15, 0.2) is 0 Å². The molecule has 142 valence electrons. The summed E-state index contributed by atoms with van der Waals surface area (Å²) in [6, 6.07) is 7.92. The molecular formula is C15H13N9O3S. The highest BCUT2D eigenvalue weighted by atomic mass is 32.2. The van der Waals surface area contributed by atoms with Gasteiger partial charge >= 0.3 is 5.69 Å². The maximum atomic E-state index is 11.6. The van der Waals surface area contributed by atoms with Crippen LogP contribution in [0.4, 0.5) is 29.0 Å². The Balaban J connectivity index is 1.64. The molecule has 0 atom stereocenters. The number of thioether (sulfide) groups is 1. The summed E-state index contributed by atoms with van der Waals surface area (Å²) >= 11 is 1.33. The van der Waals surface area contributed by atoms with Crippen LogP contribution in [0.1, 0.15) is 0 Å². The molecule has 0 aliphatic rings. The van der Waals surface area contributed by atoms with Crippen molar-refractivity contribution in [2.45, 2.75) is 5.16 Å². The standard InChI is InChI=1S/C15H13N9O3S/c1-28-15-19-14(22-23-15)18-12-10(24(26)27)4-5-11(17-12)16-7-2-3-8-9(6-7)20-21-13(8)25/h2-6H,1H3,(H2,20,21,25)(H3,16,17,18,19,22,23).